The summed E-state index contributed by atoms with van der Waals surface area (Å²) < 4.78 is 13.0. The molecule has 1 aliphatic carbocycles. The van der Waals surface area contributed by atoms with Gasteiger partial charge in [0.05, 0.1) is 0 Å². The van der Waals surface area contributed by atoms with Gasteiger partial charge in [-0.2, -0.15) is 0 Å². The summed E-state index contributed by atoms with van der Waals surface area (Å²) in [4.78, 5) is 1.14. The van der Waals surface area contributed by atoms with Crippen LogP contribution in [0.5, 0.6) is 0 Å². The zero-order valence-corrected chi connectivity index (χ0v) is 7.33. The van der Waals surface area contributed by atoms with Gasteiger partial charge in [-0.25, -0.2) is 9.87 Å². The molecule has 1 aromatic rings. The van der Waals surface area contributed by atoms with Crippen LogP contribution in [0.4, 0.5) is 4.39 Å². The second kappa shape index (κ2) is 3.12. The molecule has 0 saturated heterocycles. The average Bonchev–Trinajstić information content (AvgIpc) is 2.47. The van der Waals surface area contributed by atoms with E-state index in [1.807, 2.05) is 0 Å². The first-order valence-electron chi connectivity index (χ1n) is 3.95. The van der Waals surface area contributed by atoms with Crippen LogP contribution in [0.1, 0.15) is 16.9 Å². The summed E-state index contributed by atoms with van der Waals surface area (Å²) in [6.07, 6.45) is 2.38. The van der Waals surface area contributed by atoms with Gasteiger partial charge in [0.25, 0.3) is 0 Å². The molecule has 1 aromatic heterocycles. The number of thiophene rings is 1. The fourth-order valence-corrected chi connectivity index (χ4v) is 2.53. The Bertz CT molecular complexity index is 287. The van der Waals surface area contributed by atoms with E-state index < -0.39 is 0 Å². The topological polar surface area (TPSA) is 32.3 Å². The van der Waals surface area contributed by atoms with E-state index in [-0.39, 0.29) is 11.9 Å². The van der Waals surface area contributed by atoms with Gasteiger partial charge in [-0.15, -0.1) is 11.3 Å². The number of hydroxylamine groups is 1. The van der Waals surface area contributed by atoms with Crippen molar-refractivity contribution in [3.8, 4) is 0 Å². The van der Waals surface area contributed by atoms with Crippen molar-refractivity contribution in [2.75, 3.05) is 0 Å². The molecule has 2 nitrogen and oxygen atoms in total. The van der Waals surface area contributed by atoms with Crippen molar-refractivity contribution in [3.05, 3.63) is 21.6 Å². The van der Waals surface area contributed by atoms with E-state index in [2.05, 4.69) is 5.48 Å². The Hall–Kier alpha value is -0.450. The zero-order valence-electron chi connectivity index (χ0n) is 6.51. The summed E-state index contributed by atoms with van der Waals surface area (Å²) in [6.45, 7) is 0. The molecule has 12 heavy (non-hydrogen) atoms. The van der Waals surface area contributed by atoms with E-state index in [1.165, 1.54) is 11.3 Å². The summed E-state index contributed by atoms with van der Waals surface area (Å²) >= 11 is 1.48. The third-order valence-electron chi connectivity index (χ3n) is 2.28. The fraction of sp³-hybridized carbons (Fsp3) is 0.500. The Morgan fingerprint density at radius 2 is 2.50 bits per heavy atom. The smallest absolute Gasteiger partial charge is 0.137 e. The average molecular weight is 187 g/mol. The largest absolute Gasteiger partial charge is 0.317 e. The number of rotatable bonds is 1. The van der Waals surface area contributed by atoms with E-state index in [0.717, 1.165) is 23.3 Å². The first-order chi connectivity index (χ1) is 5.81. The second-order valence-corrected chi connectivity index (χ2v) is 4.02. The van der Waals surface area contributed by atoms with Crippen LogP contribution in [0, 0.1) is 5.82 Å². The lowest BCUT2D eigenvalue weighted by Gasteiger charge is -2.20. The molecule has 0 aliphatic heterocycles. The van der Waals surface area contributed by atoms with Crippen molar-refractivity contribution < 1.29 is 9.60 Å². The molecule has 1 aliphatic rings. The number of fused-ring (bicyclic) bond motifs is 1. The number of hydrogen-bond acceptors (Lipinski definition) is 3. The highest BCUT2D eigenvalue weighted by Crippen LogP contribution is 2.28. The van der Waals surface area contributed by atoms with Gasteiger partial charge < -0.3 is 5.21 Å². The van der Waals surface area contributed by atoms with Gasteiger partial charge in [-0.3, -0.25) is 0 Å². The molecule has 0 aromatic carbocycles. The molecule has 4 heteroatoms. The molecule has 66 valence electrons. The van der Waals surface area contributed by atoms with Crippen LogP contribution in [-0.2, 0) is 12.8 Å². The van der Waals surface area contributed by atoms with Crippen molar-refractivity contribution in [1.82, 2.24) is 5.48 Å². The van der Waals surface area contributed by atoms with E-state index in [0.29, 0.717) is 6.42 Å². The van der Waals surface area contributed by atoms with Crippen LogP contribution in [0.15, 0.2) is 5.38 Å². The number of nitrogens with one attached hydrogen (secondary N) is 1. The van der Waals surface area contributed by atoms with Crippen molar-refractivity contribution in [2.24, 2.45) is 0 Å². The lowest BCUT2D eigenvalue weighted by molar-refractivity contribution is 0.118. The molecule has 0 bridgehead atoms. The van der Waals surface area contributed by atoms with E-state index in [9.17, 15) is 4.39 Å². The molecule has 0 amide bonds. The standard InChI is InChI=1S/C8H10FNOS/c9-7-4-12-8-2-1-5(10-11)3-6(7)8/h4-5,10-11H,1-3H2. The Kier molecular flexibility index (Phi) is 2.12. The number of hydrogen-bond donors (Lipinski definition) is 2. The molecule has 1 heterocycles. The minimum absolute atomic E-state index is 0.0293. The van der Waals surface area contributed by atoms with Gasteiger partial charge in [0.15, 0.2) is 0 Å². The minimum atomic E-state index is -0.116. The molecular weight excluding hydrogens is 177 g/mol. The predicted octanol–water partition coefficient (Wildman–Crippen LogP) is 1.72. The molecule has 0 radical (unpaired) electrons. The molecule has 1 atom stereocenters. The van der Waals surface area contributed by atoms with Crippen LogP contribution in [0.3, 0.4) is 0 Å². The SMILES string of the molecule is ONC1CCc2scc(F)c2C1. The third-order valence-corrected chi connectivity index (χ3v) is 3.34. The maximum Gasteiger partial charge on any atom is 0.137 e. The Morgan fingerprint density at radius 3 is 3.25 bits per heavy atom. The van der Waals surface area contributed by atoms with E-state index in [4.69, 9.17) is 5.21 Å². The van der Waals surface area contributed by atoms with Gasteiger partial charge in [0, 0.05) is 21.9 Å². The molecule has 2 N–H and O–H groups in total. The predicted molar refractivity (Wildman–Crippen MR) is 45.0 cm³/mol. The maximum absolute atomic E-state index is 13.0. The quantitative estimate of drug-likeness (QED) is 0.656. The fourth-order valence-electron chi connectivity index (χ4n) is 1.58. The number of aryl methyl sites for hydroxylation is 1. The Labute approximate surface area is 74.0 Å². The van der Waals surface area contributed by atoms with Gasteiger partial charge in [0.2, 0.25) is 0 Å². The summed E-state index contributed by atoms with van der Waals surface area (Å²) in [7, 11) is 0. The van der Waals surface area contributed by atoms with Gasteiger partial charge in [0.1, 0.15) is 5.82 Å². The molecular formula is C8H10FNOS. The Balaban J connectivity index is 2.26. The monoisotopic (exact) mass is 187 g/mol. The molecule has 1 unspecified atom stereocenters. The molecule has 2 rings (SSSR count). The lowest BCUT2D eigenvalue weighted by Crippen LogP contribution is -2.31. The summed E-state index contributed by atoms with van der Waals surface area (Å²) in [6, 6.07) is 0.0293. The zero-order chi connectivity index (χ0) is 8.55. The van der Waals surface area contributed by atoms with Crippen molar-refractivity contribution in [2.45, 2.75) is 25.3 Å². The van der Waals surface area contributed by atoms with E-state index >= 15 is 0 Å². The molecule has 0 saturated carbocycles. The highest BCUT2D eigenvalue weighted by Gasteiger charge is 2.22. The van der Waals surface area contributed by atoms with Crippen LogP contribution >= 0.6 is 11.3 Å². The highest BCUT2D eigenvalue weighted by atomic mass is 32.1. The molecule has 0 spiro atoms. The first-order valence-corrected chi connectivity index (χ1v) is 4.83. The van der Waals surface area contributed by atoms with Crippen LogP contribution < -0.4 is 5.48 Å². The number of halogens is 1. The van der Waals surface area contributed by atoms with Crippen molar-refractivity contribution >= 4 is 11.3 Å². The summed E-state index contributed by atoms with van der Waals surface area (Å²) in [5, 5.41) is 10.2. The third kappa shape index (κ3) is 1.26. The molecule has 0 fully saturated rings. The summed E-state index contributed by atoms with van der Waals surface area (Å²) in [5.41, 5.74) is 2.99. The second-order valence-electron chi connectivity index (χ2n) is 3.05. The summed E-state index contributed by atoms with van der Waals surface area (Å²) in [5.74, 6) is -0.116. The minimum Gasteiger partial charge on any atom is -0.317 e. The van der Waals surface area contributed by atoms with Gasteiger partial charge in [-0.1, -0.05) is 0 Å². The maximum atomic E-state index is 13.0. The van der Waals surface area contributed by atoms with Gasteiger partial charge in [-0.05, 0) is 19.3 Å². The van der Waals surface area contributed by atoms with E-state index in [1.54, 1.807) is 5.38 Å². The lowest BCUT2D eigenvalue weighted by atomic mass is 9.95. The van der Waals surface area contributed by atoms with Crippen molar-refractivity contribution in [1.29, 1.82) is 0 Å². The highest BCUT2D eigenvalue weighted by molar-refractivity contribution is 7.10. The first kappa shape index (κ1) is 8.16. The van der Waals surface area contributed by atoms with Crippen LogP contribution in [0.2, 0.25) is 0 Å². The van der Waals surface area contributed by atoms with Gasteiger partial charge >= 0.3 is 0 Å². The van der Waals surface area contributed by atoms with Crippen molar-refractivity contribution in [3.63, 3.8) is 0 Å². The normalized spacial score (nSPS) is 22.3. The van der Waals surface area contributed by atoms with Crippen LogP contribution in [-0.4, -0.2) is 11.2 Å². The Morgan fingerprint density at radius 1 is 1.67 bits per heavy atom. The van der Waals surface area contributed by atoms with Crippen LogP contribution in [0.25, 0.3) is 0 Å².